The third-order valence-electron chi connectivity index (χ3n) is 5.78. The van der Waals surface area contributed by atoms with E-state index in [1.807, 2.05) is 30.3 Å². The van der Waals surface area contributed by atoms with Crippen molar-refractivity contribution in [2.24, 2.45) is 0 Å². The van der Waals surface area contributed by atoms with Crippen LogP contribution in [0.25, 0.3) is 10.4 Å². The molecule has 4 rings (SSSR count). The van der Waals surface area contributed by atoms with Gasteiger partial charge in [0.1, 0.15) is 5.00 Å². The molecule has 188 valence electrons. The zero-order valence-electron chi connectivity index (χ0n) is 19.6. The molecule has 0 radical (unpaired) electrons. The second-order valence-electron chi connectivity index (χ2n) is 8.40. The van der Waals surface area contributed by atoms with Gasteiger partial charge >= 0.3 is 12.0 Å². The molecule has 2 aromatic carbocycles. The Kier molecular flexibility index (Phi) is 8.51. The van der Waals surface area contributed by atoms with Gasteiger partial charge in [0.2, 0.25) is 0 Å². The lowest BCUT2D eigenvalue weighted by Crippen LogP contribution is -2.42. The number of anilines is 2. The van der Waals surface area contributed by atoms with E-state index in [0.29, 0.717) is 5.00 Å². The zero-order chi connectivity index (χ0) is 25.7. The highest BCUT2D eigenvalue weighted by atomic mass is 35.5. The van der Waals surface area contributed by atoms with E-state index in [4.69, 9.17) is 28.0 Å². The number of para-hydroxylation sites is 1. The van der Waals surface area contributed by atoms with Crippen LogP contribution in [0.15, 0.2) is 54.6 Å². The quantitative estimate of drug-likeness (QED) is 0.322. The smallest absolute Gasteiger partial charge is 0.329 e. The van der Waals surface area contributed by atoms with E-state index < -0.39 is 17.9 Å². The van der Waals surface area contributed by atoms with Gasteiger partial charge in [-0.1, -0.05) is 78.9 Å². The van der Waals surface area contributed by atoms with E-state index >= 15 is 0 Å². The molecular weight excluding hydrogens is 521 g/mol. The first-order valence-corrected chi connectivity index (χ1v) is 13.1. The van der Waals surface area contributed by atoms with Gasteiger partial charge in [-0.2, -0.15) is 5.06 Å². The van der Waals surface area contributed by atoms with E-state index in [1.165, 1.54) is 23.3 Å². The van der Waals surface area contributed by atoms with Crippen LogP contribution in [0.4, 0.5) is 15.5 Å². The zero-order valence-corrected chi connectivity index (χ0v) is 21.9. The first kappa shape index (κ1) is 26.0. The van der Waals surface area contributed by atoms with Crippen molar-refractivity contribution in [1.29, 1.82) is 0 Å². The predicted octanol–water partition coefficient (Wildman–Crippen LogP) is 7.62. The molecule has 1 saturated carbocycles. The SMILES string of the molecule is CC(=O)ON(C(=O)c1cc(-c2ccccc2)sc1NC(=O)Nc1c(Cl)cccc1Cl)C1CCCCC1. The van der Waals surface area contributed by atoms with Gasteiger partial charge in [-0.15, -0.1) is 11.3 Å². The molecule has 0 saturated heterocycles. The van der Waals surface area contributed by atoms with Gasteiger partial charge in [-0.25, -0.2) is 4.79 Å². The summed E-state index contributed by atoms with van der Waals surface area (Å²) in [7, 11) is 0. The van der Waals surface area contributed by atoms with Crippen molar-refractivity contribution in [3.05, 3.63) is 70.2 Å². The maximum atomic E-state index is 13.7. The van der Waals surface area contributed by atoms with Crippen molar-refractivity contribution in [3.8, 4) is 10.4 Å². The number of nitrogens with one attached hydrogen (secondary N) is 2. The number of nitrogens with zero attached hydrogens (tertiary/aromatic N) is 1. The molecule has 1 aliphatic rings. The van der Waals surface area contributed by atoms with Crippen LogP contribution in [-0.4, -0.2) is 29.0 Å². The van der Waals surface area contributed by atoms with Crippen molar-refractivity contribution >= 4 is 63.1 Å². The molecule has 10 heteroatoms. The summed E-state index contributed by atoms with van der Waals surface area (Å²) in [6.07, 6.45) is 4.44. The van der Waals surface area contributed by atoms with Gasteiger partial charge in [0.15, 0.2) is 0 Å². The Labute approximate surface area is 223 Å². The summed E-state index contributed by atoms with van der Waals surface area (Å²) in [5.41, 5.74) is 1.37. The van der Waals surface area contributed by atoms with Crippen LogP contribution in [0.2, 0.25) is 10.0 Å². The van der Waals surface area contributed by atoms with Crippen molar-refractivity contribution in [3.63, 3.8) is 0 Å². The van der Waals surface area contributed by atoms with Gasteiger partial charge in [0.25, 0.3) is 5.91 Å². The number of urea groups is 1. The van der Waals surface area contributed by atoms with Crippen molar-refractivity contribution in [2.75, 3.05) is 10.6 Å². The number of hydroxylamine groups is 2. The molecule has 1 aromatic heterocycles. The molecule has 0 bridgehead atoms. The number of rotatable bonds is 5. The Morgan fingerprint density at radius 2 is 1.61 bits per heavy atom. The monoisotopic (exact) mass is 545 g/mol. The number of thiophene rings is 1. The number of carbonyl (C=O) groups is 3. The maximum absolute atomic E-state index is 13.7. The van der Waals surface area contributed by atoms with Crippen molar-refractivity contribution < 1.29 is 19.2 Å². The average molecular weight is 546 g/mol. The van der Waals surface area contributed by atoms with Crippen LogP contribution >= 0.6 is 34.5 Å². The first-order chi connectivity index (χ1) is 17.3. The Morgan fingerprint density at radius 3 is 2.25 bits per heavy atom. The van der Waals surface area contributed by atoms with Crippen LogP contribution in [0, 0.1) is 0 Å². The minimum Gasteiger partial charge on any atom is -0.338 e. The lowest BCUT2D eigenvalue weighted by atomic mass is 9.95. The molecule has 1 fully saturated rings. The van der Waals surface area contributed by atoms with Gasteiger partial charge in [-0.05, 0) is 36.6 Å². The number of halogens is 2. The van der Waals surface area contributed by atoms with Gasteiger partial charge in [0, 0.05) is 11.8 Å². The molecule has 3 amide bonds. The van der Waals surface area contributed by atoms with Gasteiger partial charge in [-0.3, -0.25) is 14.9 Å². The highest BCUT2D eigenvalue weighted by Crippen LogP contribution is 2.38. The molecule has 0 unspecified atom stereocenters. The van der Waals surface area contributed by atoms with Crippen LogP contribution in [0.3, 0.4) is 0 Å². The molecule has 2 N–H and O–H groups in total. The second kappa shape index (κ2) is 11.8. The maximum Gasteiger partial charge on any atom is 0.329 e. The Hall–Kier alpha value is -3.07. The molecule has 0 atom stereocenters. The standard InChI is InChI=1S/C26H25Cl2N3O4S/c1-16(32)35-31(18-11-6-3-7-12-18)25(33)19-15-22(17-9-4-2-5-10-17)36-24(19)30-26(34)29-23-20(27)13-8-14-21(23)28/h2,4-5,8-10,13-15,18H,3,6-7,11-12H2,1H3,(H2,29,30,34). The fourth-order valence-electron chi connectivity index (χ4n) is 4.11. The molecular formula is C26H25Cl2N3O4S. The Balaban J connectivity index is 1.67. The summed E-state index contributed by atoms with van der Waals surface area (Å²) in [4.78, 5) is 44.7. The fraction of sp³-hybridized carbons (Fsp3) is 0.269. The summed E-state index contributed by atoms with van der Waals surface area (Å²) >= 11 is 13.6. The van der Waals surface area contributed by atoms with Crippen LogP contribution in [0.1, 0.15) is 49.4 Å². The second-order valence-corrected chi connectivity index (χ2v) is 10.3. The summed E-state index contributed by atoms with van der Waals surface area (Å²) in [6, 6.07) is 15.3. The number of benzene rings is 2. The predicted molar refractivity (Wildman–Crippen MR) is 144 cm³/mol. The highest BCUT2D eigenvalue weighted by Gasteiger charge is 2.32. The van der Waals surface area contributed by atoms with Crippen LogP contribution in [-0.2, 0) is 9.63 Å². The van der Waals surface area contributed by atoms with Crippen LogP contribution < -0.4 is 10.6 Å². The summed E-state index contributed by atoms with van der Waals surface area (Å²) < 4.78 is 0. The van der Waals surface area contributed by atoms with E-state index in [0.717, 1.165) is 42.5 Å². The summed E-state index contributed by atoms with van der Waals surface area (Å²) in [6.45, 7) is 1.27. The lowest BCUT2D eigenvalue weighted by molar-refractivity contribution is -0.185. The van der Waals surface area contributed by atoms with E-state index in [9.17, 15) is 14.4 Å². The molecule has 36 heavy (non-hydrogen) atoms. The number of hydrogen-bond acceptors (Lipinski definition) is 5. The fourth-order valence-corrected chi connectivity index (χ4v) is 5.65. The van der Waals surface area contributed by atoms with E-state index in [-0.39, 0.29) is 27.3 Å². The Bertz CT molecular complexity index is 1240. The average Bonchev–Trinajstić information content (AvgIpc) is 3.29. The normalized spacial score (nSPS) is 13.6. The van der Waals surface area contributed by atoms with Crippen LogP contribution in [0.5, 0.6) is 0 Å². The molecule has 0 spiro atoms. The van der Waals surface area contributed by atoms with E-state index in [1.54, 1.807) is 24.3 Å². The summed E-state index contributed by atoms with van der Waals surface area (Å²) in [5.74, 6) is -1.06. The minimum atomic E-state index is -0.614. The van der Waals surface area contributed by atoms with Gasteiger partial charge < -0.3 is 10.2 Å². The Morgan fingerprint density at radius 1 is 0.944 bits per heavy atom. The molecule has 1 aliphatic carbocycles. The van der Waals surface area contributed by atoms with E-state index in [2.05, 4.69) is 10.6 Å². The van der Waals surface area contributed by atoms with Crippen molar-refractivity contribution in [2.45, 2.75) is 45.1 Å². The lowest BCUT2D eigenvalue weighted by Gasteiger charge is -2.32. The largest absolute Gasteiger partial charge is 0.338 e. The molecule has 3 aromatic rings. The molecule has 1 heterocycles. The third kappa shape index (κ3) is 6.19. The highest BCUT2D eigenvalue weighted by molar-refractivity contribution is 7.20. The number of carbonyl (C=O) groups excluding carboxylic acids is 3. The van der Waals surface area contributed by atoms with Crippen molar-refractivity contribution in [1.82, 2.24) is 5.06 Å². The summed E-state index contributed by atoms with van der Waals surface area (Å²) in [5, 5.41) is 7.46. The van der Waals surface area contributed by atoms with Gasteiger partial charge in [0.05, 0.1) is 27.3 Å². The number of hydrogen-bond donors (Lipinski definition) is 2. The molecule has 0 aliphatic heterocycles. The molecule has 7 nitrogen and oxygen atoms in total. The minimum absolute atomic E-state index is 0.223. The third-order valence-corrected chi connectivity index (χ3v) is 7.51. The first-order valence-electron chi connectivity index (χ1n) is 11.6. The topological polar surface area (TPSA) is 87.7 Å². The number of amides is 3.